The summed E-state index contributed by atoms with van der Waals surface area (Å²) in [5, 5.41) is 3.36. The first kappa shape index (κ1) is 19.9. The fourth-order valence-corrected chi connectivity index (χ4v) is 3.68. The van der Waals surface area contributed by atoms with Gasteiger partial charge in [-0.25, -0.2) is 4.79 Å². The summed E-state index contributed by atoms with van der Waals surface area (Å²) in [6.07, 6.45) is 1.91. The summed E-state index contributed by atoms with van der Waals surface area (Å²) >= 11 is 0. The monoisotopic (exact) mass is 386 g/mol. The number of ether oxygens (including phenoxy) is 1. The number of hydrogen-bond donors (Lipinski definition) is 1. The molecule has 1 aliphatic rings. The first-order chi connectivity index (χ1) is 13.4. The molecule has 1 fully saturated rings. The Morgan fingerprint density at radius 2 is 2.11 bits per heavy atom. The third-order valence-electron chi connectivity index (χ3n) is 5.16. The van der Waals surface area contributed by atoms with E-state index in [2.05, 4.69) is 5.32 Å². The standard InChI is InChI=1S/C21H26N2O5/c1-4-15-10-20(26)28-17-8-13(2)7-16(21(15)17)27-12-19(25)23-6-5-14(11-23)9-18(24)22-3/h7-8,10,14H,4-6,9,11-12H2,1-3H3,(H,22,24). The van der Waals surface area contributed by atoms with E-state index in [1.54, 1.807) is 18.0 Å². The van der Waals surface area contributed by atoms with Gasteiger partial charge in [0.1, 0.15) is 11.3 Å². The molecule has 1 aromatic carbocycles. The van der Waals surface area contributed by atoms with Gasteiger partial charge in [-0.05, 0) is 48.9 Å². The van der Waals surface area contributed by atoms with Gasteiger partial charge in [0.05, 0.1) is 5.39 Å². The van der Waals surface area contributed by atoms with Gasteiger partial charge in [-0.1, -0.05) is 6.92 Å². The van der Waals surface area contributed by atoms with Crippen molar-refractivity contribution in [2.75, 3.05) is 26.7 Å². The lowest BCUT2D eigenvalue weighted by Gasteiger charge is -2.18. The number of aryl methyl sites for hydroxylation is 2. The molecule has 0 aliphatic carbocycles. The number of fused-ring (bicyclic) bond motifs is 1. The van der Waals surface area contributed by atoms with Crippen LogP contribution in [0.3, 0.4) is 0 Å². The Morgan fingerprint density at radius 1 is 1.32 bits per heavy atom. The van der Waals surface area contributed by atoms with E-state index < -0.39 is 5.63 Å². The first-order valence-corrected chi connectivity index (χ1v) is 9.59. The number of benzene rings is 1. The van der Waals surface area contributed by atoms with Crippen LogP contribution in [0.4, 0.5) is 0 Å². The second kappa shape index (κ2) is 8.46. The highest BCUT2D eigenvalue weighted by atomic mass is 16.5. The van der Waals surface area contributed by atoms with E-state index in [4.69, 9.17) is 9.15 Å². The van der Waals surface area contributed by atoms with Crippen LogP contribution in [0, 0.1) is 12.8 Å². The molecule has 1 atom stereocenters. The molecule has 0 saturated carbocycles. The predicted molar refractivity (Wildman–Crippen MR) is 105 cm³/mol. The summed E-state index contributed by atoms with van der Waals surface area (Å²) < 4.78 is 11.2. The molecule has 1 saturated heterocycles. The van der Waals surface area contributed by atoms with Gasteiger partial charge >= 0.3 is 5.63 Å². The lowest BCUT2D eigenvalue weighted by Crippen LogP contribution is -2.33. The molecule has 150 valence electrons. The summed E-state index contributed by atoms with van der Waals surface area (Å²) in [5.74, 6) is 0.620. The van der Waals surface area contributed by atoms with E-state index in [0.29, 0.717) is 37.3 Å². The van der Waals surface area contributed by atoms with Crippen molar-refractivity contribution in [2.24, 2.45) is 5.92 Å². The molecule has 0 radical (unpaired) electrons. The van der Waals surface area contributed by atoms with Gasteiger partial charge < -0.3 is 19.4 Å². The van der Waals surface area contributed by atoms with Crippen LogP contribution in [0.25, 0.3) is 11.0 Å². The highest BCUT2D eigenvalue weighted by molar-refractivity contribution is 5.88. The van der Waals surface area contributed by atoms with E-state index in [9.17, 15) is 14.4 Å². The number of nitrogens with one attached hydrogen (secondary N) is 1. The molecule has 1 N–H and O–H groups in total. The largest absolute Gasteiger partial charge is 0.483 e. The van der Waals surface area contributed by atoms with Gasteiger partial charge in [0, 0.05) is 32.6 Å². The summed E-state index contributed by atoms with van der Waals surface area (Å²) in [4.78, 5) is 37.6. The molecule has 1 aliphatic heterocycles. The zero-order chi connectivity index (χ0) is 20.3. The van der Waals surface area contributed by atoms with E-state index in [1.165, 1.54) is 6.07 Å². The molecule has 0 spiro atoms. The lowest BCUT2D eigenvalue weighted by molar-refractivity contribution is -0.132. The third kappa shape index (κ3) is 4.35. The van der Waals surface area contributed by atoms with Crippen molar-refractivity contribution in [1.29, 1.82) is 0 Å². The van der Waals surface area contributed by atoms with Gasteiger partial charge in [-0.2, -0.15) is 0 Å². The van der Waals surface area contributed by atoms with Crippen molar-refractivity contribution in [3.05, 3.63) is 39.7 Å². The Kier molecular flexibility index (Phi) is 6.02. The van der Waals surface area contributed by atoms with Crippen molar-refractivity contribution in [3.8, 4) is 5.75 Å². The average molecular weight is 386 g/mol. The molecule has 7 heteroatoms. The number of carbonyl (C=O) groups is 2. The molecule has 1 unspecified atom stereocenters. The number of likely N-dealkylation sites (tertiary alicyclic amines) is 1. The van der Waals surface area contributed by atoms with E-state index in [1.807, 2.05) is 19.9 Å². The first-order valence-electron chi connectivity index (χ1n) is 9.59. The summed E-state index contributed by atoms with van der Waals surface area (Å²) in [6, 6.07) is 5.12. The molecular formula is C21H26N2O5. The second-order valence-electron chi connectivity index (χ2n) is 7.24. The van der Waals surface area contributed by atoms with E-state index in [0.717, 1.165) is 22.9 Å². The Bertz CT molecular complexity index is 950. The van der Waals surface area contributed by atoms with E-state index >= 15 is 0 Å². The Morgan fingerprint density at radius 3 is 2.82 bits per heavy atom. The maximum atomic E-state index is 12.6. The minimum absolute atomic E-state index is 0.00429. The zero-order valence-corrected chi connectivity index (χ0v) is 16.5. The minimum Gasteiger partial charge on any atom is -0.483 e. The minimum atomic E-state index is -0.392. The molecule has 0 bridgehead atoms. The normalized spacial score (nSPS) is 16.4. The fraction of sp³-hybridized carbons (Fsp3) is 0.476. The maximum Gasteiger partial charge on any atom is 0.336 e. The number of carbonyl (C=O) groups excluding carboxylic acids is 2. The molecule has 2 heterocycles. The van der Waals surface area contributed by atoms with Crippen LogP contribution in [0.1, 0.15) is 30.9 Å². The van der Waals surface area contributed by atoms with Gasteiger partial charge in [-0.3, -0.25) is 9.59 Å². The van der Waals surface area contributed by atoms with Crippen LogP contribution < -0.4 is 15.7 Å². The Hall–Kier alpha value is -2.83. The number of hydrogen-bond acceptors (Lipinski definition) is 5. The van der Waals surface area contributed by atoms with Crippen LogP contribution in [0.5, 0.6) is 5.75 Å². The maximum absolute atomic E-state index is 12.6. The molecule has 7 nitrogen and oxygen atoms in total. The van der Waals surface area contributed by atoms with Gasteiger partial charge in [0.2, 0.25) is 5.91 Å². The molecule has 1 aromatic heterocycles. The number of nitrogens with zero attached hydrogens (tertiary/aromatic N) is 1. The van der Waals surface area contributed by atoms with Crippen molar-refractivity contribution >= 4 is 22.8 Å². The van der Waals surface area contributed by atoms with Crippen molar-refractivity contribution in [1.82, 2.24) is 10.2 Å². The summed E-state index contributed by atoms with van der Waals surface area (Å²) in [6.45, 7) is 4.96. The van der Waals surface area contributed by atoms with Gasteiger partial charge in [0.15, 0.2) is 6.61 Å². The summed E-state index contributed by atoms with van der Waals surface area (Å²) in [5.41, 5.74) is 1.80. The number of amides is 2. The van der Waals surface area contributed by atoms with Crippen molar-refractivity contribution < 1.29 is 18.7 Å². The zero-order valence-electron chi connectivity index (χ0n) is 16.5. The number of rotatable bonds is 6. The topological polar surface area (TPSA) is 88.8 Å². The Balaban J connectivity index is 1.72. The average Bonchev–Trinajstić information content (AvgIpc) is 3.12. The summed E-state index contributed by atoms with van der Waals surface area (Å²) in [7, 11) is 1.62. The fourth-order valence-electron chi connectivity index (χ4n) is 3.68. The quantitative estimate of drug-likeness (QED) is 0.768. The molecular weight excluding hydrogens is 360 g/mol. The Labute approximate surface area is 163 Å². The van der Waals surface area contributed by atoms with Gasteiger partial charge in [0.25, 0.3) is 5.91 Å². The van der Waals surface area contributed by atoms with E-state index in [-0.39, 0.29) is 24.3 Å². The smallest absolute Gasteiger partial charge is 0.336 e. The molecule has 3 rings (SSSR count). The SMILES string of the molecule is CCc1cc(=O)oc2cc(C)cc(OCC(=O)N3CCC(CC(=O)NC)C3)c12. The van der Waals surface area contributed by atoms with Crippen LogP contribution in [-0.4, -0.2) is 43.5 Å². The lowest BCUT2D eigenvalue weighted by atomic mass is 10.0. The van der Waals surface area contributed by atoms with Crippen molar-refractivity contribution in [3.63, 3.8) is 0 Å². The van der Waals surface area contributed by atoms with Crippen LogP contribution in [-0.2, 0) is 16.0 Å². The van der Waals surface area contributed by atoms with Gasteiger partial charge in [-0.15, -0.1) is 0 Å². The highest BCUT2D eigenvalue weighted by Gasteiger charge is 2.28. The molecule has 2 aromatic rings. The predicted octanol–water partition coefficient (Wildman–Crippen LogP) is 2.03. The highest BCUT2D eigenvalue weighted by Crippen LogP contribution is 2.30. The van der Waals surface area contributed by atoms with Crippen LogP contribution in [0.15, 0.2) is 27.4 Å². The van der Waals surface area contributed by atoms with Crippen LogP contribution in [0.2, 0.25) is 0 Å². The molecule has 2 amide bonds. The van der Waals surface area contributed by atoms with Crippen molar-refractivity contribution in [2.45, 2.75) is 33.1 Å². The van der Waals surface area contributed by atoms with Crippen LogP contribution >= 0.6 is 0 Å². The third-order valence-corrected chi connectivity index (χ3v) is 5.16. The molecule has 28 heavy (non-hydrogen) atoms. The second-order valence-corrected chi connectivity index (χ2v) is 7.24.